The van der Waals surface area contributed by atoms with Crippen LogP contribution in [0.25, 0.3) is 5.69 Å². The number of hydrogen-bond acceptors (Lipinski definition) is 3. The third-order valence-electron chi connectivity index (χ3n) is 4.29. The highest BCUT2D eigenvalue weighted by molar-refractivity contribution is 5.92. The van der Waals surface area contributed by atoms with Crippen molar-refractivity contribution in [2.75, 3.05) is 0 Å². The van der Waals surface area contributed by atoms with Crippen molar-refractivity contribution < 1.29 is 4.79 Å². The molecule has 0 bridgehead atoms. The molecule has 1 N–H and O–H groups in total. The zero-order valence-corrected chi connectivity index (χ0v) is 14.7. The average Bonchev–Trinajstić information content (AvgIpc) is 3.40. The van der Waals surface area contributed by atoms with Gasteiger partial charge in [-0.3, -0.25) is 9.48 Å². The maximum Gasteiger partial charge on any atom is 0.272 e. The molecule has 0 atom stereocenters. The number of carbonyl (C=O) groups excluding carboxylic acids is 1. The highest BCUT2D eigenvalue weighted by atomic mass is 16.1. The van der Waals surface area contributed by atoms with E-state index in [1.165, 1.54) is 0 Å². The number of carbonyl (C=O) groups is 1. The van der Waals surface area contributed by atoms with E-state index in [1.54, 1.807) is 23.1 Å². The molecule has 2 heterocycles. The Labute approximate surface area is 157 Å². The van der Waals surface area contributed by atoms with E-state index < -0.39 is 0 Å². The molecule has 0 spiro atoms. The third-order valence-corrected chi connectivity index (χ3v) is 4.29. The molecule has 0 unspecified atom stereocenters. The molecule has 27 heavy (non-hydrogen) atoms. The lowest BCUT2D eigenvalue weighted by atomic mass is 10.1. The molecule has 0 saturated carbocycles. The Morgan fingerprint density at radius 3 is 2.44 bits per heavy atom. The SMILES string of the molecule is O=C(NCc1ccccc1Cn1cccn1)c1ccn(-c2ccccc2)n1. The summed E-state index contributed by atoms with van der Waals surface area (Å²) >= 11 is 0. The Morgan fingerprint density at radius 2 is 1.67 bits per heavy atom. The Balaban J connectivity index is 1.44. The summed E-state index contributed by atoms with van der Waals surface area (Å²) in [6, 6.07) is 21.4. The van der Waals surface area contributed by atoms with Crippen LogP contribution in [0.2, 0.25) is 0 Å². The highest BCUT2D eigenvalue weighted by Crippen LogP contribution is 2.11. The molecule has 134 valence electrons. The first-order valence-corrected chi connectivity index (χ1v) is 8.73. The highest BCUT2D eigenvalue weighted by Gasteiger charge is 2.11. The molecule has 0 aliphatic rings. The lowest BCUT2D eigenvalue weighted by molar-refractivity contribution is 0.0945. The standard InChI is InChI=1S/C21H19N5O/c27-21(20-11-14-26(24-20)19-9-2-1-3-10-19)22-15-17-7-4-5-8-18(17)16-25-13-6-12-23-25/h1-14H,15-16H2,(H,22,27). The largest absolute Gasteiger partial charge is 0.347 e. The van der Waals surface area contributed by atoms with Crippen molar-refractivity contribution in [1.82, 2.24) is 24.9 Å². The number of rotatable bonds is 6. The van der Waals surface area contributed by atoms with Gasteiger partial charge in [0.05, 0.1) is 12.2 Å². The summed E-state index contributed by atoms with van der Waals surface area (Å²) in [5.41, 5.74) is 3.49. The summed E-state index contributed by atoms with van der Waals surface area (Å²) in [5, 5.41) is 11.6. The van der Waals surface area contributed by atoms with Crippen LogP contribution in [0, 0.1) is 0 Å². The number of para-hydroxylation sites is 1. The Bertz CT molecular complexity index is 1020. The number of amides is 1. The van der Waals surface area contributed by atoms with Crippen molar-refractivity contribution in [3.8, 4) is 5.69 Å². The maximum atomic E-state index is 12.5. The minimum absolute atomic E-state index is 0.196. The van der Waals surface area contributed by atoms with Crippen molar-refractivity contribution in [3.05, 3.63) is 102 Å². The van der Waals surface area contributed by atoms with Gasteiger partial charge in [0.25, 0.3) is 5.91 Å². The molecule has 4 rings (SSSR count). The first-order chi connectivity index (χ1) is 13.3. The quantitative estimate of drug-likeness (QED) is 0.577. The summed E-state index contributed by atoms with van der Waals surface area (Å²) in [6.07, 6.45) is 5.47. The Hall–Kier alpha value is -3.67. The van der Waals surface area contributed by atoms with Gasteiger partial charge < -0.3 is 5.32 Å². The van der Waals surface area contributed by atoms with Crippen LogP contribution in [0.4, 0.5) is 0 Å². The molecule has 4 aromatic rings. The van der Waals surface area contributed by atoms with Crippen molar-refractivity contribution in [2.45, 2.75) is 13.1 Å². The lowest BCUT2D eigenvalue weighted by Crippen LogP contribution is -2.24. The van der Waals surface area contributed by atoms with Gasteiger partial charge in [-0.1, -0.05) is 42.5 Å². The molecule has 0 radical (unpaired) electrons. The number of nitrogens with one attached hydrogen (secondary N) is 1. The minimum Gasteiger partial charge on any atom is -0.347 e. The van der Waals surface area contributed by atoms with E-state index in [-0.39, 0.29) is 5.91 Å². The van der Waals surface area contributed by atoms with E-state index in [0.29, 0.717) is 18.8 Å². The topological polar surface area (TPSA) is 64.7 Å². The van der Waals surface area contributed by atoms with Crippen molar-refractivity contribution >= 4 is 5.91 Å². The van der Waals surface area contributed by atoms with Gasteiger partial charge in [-0.25, -0.2) is 4.68 Å². The Morgan fingerprint density at radius 1 is 0.889 bits per heavy atom. The number of benzene rings is 2. The van der Waals surface area contributed by atoms with Gasteiger partial charge in [0.2, 0.25) is 0 Å². The van der Waals surface area contributed by atoms with Crippen LogP contribution < -0.4 is 5.32 Å². The molecule has 1 amide bonds. The second kappa shape index (κ2) is 7.70. The fourth-order valence-electron chi connectivity index (χ4n) is 2.89. The fourth-order valence-corrected chi connectivity index (χ4v) is 2.89. The molecule has 2 aromatic carbocycles. The molecular formula is C21H19N5O. The molecule has 0 fully saturated rings. The summed E-state index contributed by atoms with van der Waals surface area (Å²) in [7, 11) is 0. The van der Waals surface area contributed by atoms with E-state index >= 15 is 0 Å². The number of aromatic nitrogens is 4. The first-order valence-electron chi connectivity index (χ1n) is 8.73. The molecule has 0 aliphatic carbocycles. The average molecular weight is 357 g/mol. The van der Waals surface area contributed by atoms with Gasteiger partial charge in [0.1, 0.15) is 0 Å². The summed E-state index contributed by atoms with van der Waals surface area (Å²) in [4.78, 5) is 12.5. The van der Waals surface area contributed by atoms with Crippen molar-refractivity contribution in [1.29, 1.82) is 0 Å². The van der Waals surface area contributed by atoms with Crippen molar-refractivity contribution in [2.24, 2.45) is 0 Å². The smallest absolute Gasteiger partial charge is 0.272 e. The summed E-state index contributed by atoms with van der Waals surface area (Å²) in [5.74, 6) is -0.196. The van der Waals surface area contributed by atoms with Crippen LogP contribution in [-0.2, 0) is 13.1 Å². The van der Waals surface area contributed by atoms with Crippen LogP contribution in [0.15, 0.2) is 85.3 Å². The number of hydrogen-bond donors (Lipinski definition) is 1. The second-order valence-electron chi connectivity index (χ2n) is 6.14. The number of nitrogens with zero attached hydrogens (tertiary/aromatic N) is 4. The van der Waals surface area contributed by atoms with E-state index in [0.717, 1.165) is 16.8 Å². The summed E-state index contributed by atoms with van der Waals surface area (Å²) < 4.78 is 3.56. The molecule has 2 aromatic heterocycles. The normalized spacial score (nSPS) is 10.7. The molecule has 0 saturated heterocycles. The van der Waals surface area contributed by atoms with E-state index in [9.17, 15) is 4.79 Å². The first kappa shape index (κ1) is 16.8. The Kier molecular flexibility index (Phi) is 4.78. The van der Waals surface area contributed by atoms with Crippen LogP contribution in [0.5, 0.6) is 0 Å². The maximum absolute atomic E-state index is 12.5. The zero-order chi connectivity index (χ0) is 18.5. The van der Waals surface area contributed by atoms with E-state index in [2.05, 4.69) is 15.5 Å². The lowest BCUT2D eigenvalue weighted by Gasteiger charge is -2.10. The third kappa shape index (κ3) is 3.95. The van der Waals surface area contributed by atoms with Crippen molar-refractivity contribution in [3.63, 3.8) is 0 Å². The van der Waals surface area contributed by atoms with Gasteiger partial charge in [0, 0.05) is 25.1 Å². The van der Waals surface area contributed by atoms with Gasteiger partial charge in [-0.05, 0) is 35.4 Å². The molecule has 6 heteroatoms. The predicted octanol–water partition coefficient (Wildman–Crippen LogP) is 3.05. The van der Waals surface area contributed by atoms with E-state index in [4.69, 9.17) is 0 Å². The van der Waals surface area contributed by atoms with Crippen LogP contribution in [-0.4, -0.2) is 25.5 Å². The molecule has 0 aliphatic heterocycles. The predicted molar refractivity (Wildman–Crippen MR) is 103 cm³/mol. The van der Waals surface area contributed by atoms with Gasteiger partial charge in [0.15, 0.2) is 5.69 Å². The van der Waals surface area contributed by atoms with E-state index in [1.807, 2.05) is 71.5 Å². The molecular weight excluding hydrogens is 338 g/mol. The minimum atomic E-state index is -0.196. The monoisotopic (exact) mass is 357 g/mol. The zero-order valence-electron chi connectivity index (χ0n) is 14.7. The van der Waals surface area contributed by atoms with Gasteiger partial charge >= 0.3 is 0 Å². The van der Waals surface area contributed by atoms with Crippen LogP contribution in [0.3, 0.4) is 0 Å². The summed E-state index contributed by atoms with van der Waals surface area (Å²) in [6.45, 7) is 1.11. The van der Waals surface area contributed by atoms with Crippen LogP contribution >= 0.6 is 0 Å². The fraction of sp³-hybridized carbons (Fsp3) is 0.0952. The second-order valence-corrected chi connectivity index (χ2v) is 6.14. The van der Waals surface area contributed by atoms with Crippen LogP contribution in [0.1, 0.15) is 21.6 Å². The molecule has 6 nitrogen and oxygen atoms in total. The van der Waals surface area contributed by atoms with Gasteiger partial charge in [-0.2, -0.15) is 10.2 Å². The van der Waals surface area contributed by atoms with Gasteiger partial charge in [-0.15, -0.1) is 0 Å².